The van der Waals surface area contributed by atoms with Crippen molar-refractivity contribution >= 4 is 21.0 Å². The van der Waals surface area contributed by atoms with Crippen molar-refractivity contribution in [2.75, 3.05) is 0 Å². The van der Waals surface area contributed by atoms with E-state index in [0.717, 1.165) is 0 Å². The summed E-state index contributed by atoms with van der Waals surface area (Å²) in [5.74, 6) is 0. The molecule has 0 aromatic carbocycles. The highest BCUT2D eigenvalue weighted by molar-refractivity contribution is 8.06. The largest absolute Gasteiger partial charge is 0.122 e. The molecule has 0 fully saturated rings. The summed E-state index contributed by atoms with van der Waals surface area (Å²) in [7, 11) is 2.75. The van der Waals surface area contributed by atoms with E-state index in [-0.39, 0.29) is 0 Å². The lowest BCUT2D eigenvalue weighted by Crippen LogP contribution is -1.80. The zero-order valence-electron chi connectivity index (χ0n) is 5.03. The van der Waals surface area contributed by atoms with Crippen molar-refractivity contribution in [2.24, 2.45) is 0 Å². The number of allylic oxidation sites excluding steroid dienone is 4. The van der Waals surface area contributed by atoms with Gasteiger partial charge in [-0.25, -0.2) is 0 Å². The molecule has 0 aromatic heterocycles. The van der Waals surface area contributed by atoms with E-state index < -0.39 is 0 Å². The fourth-order valence-corrected chi connectivity index (χ4v) is 1.47. The Bertz CT molecular complexity index is 158. The van der Waals surface area contributed by atoms with Crippen LogP contribution in [0.5, 0.6) is 0 Å². The van der Waals surface area contributed by atoms with Crippen LogP contribution in [-0.4, -0.2) is 4.99 Å². The Morgan fingerprint density at radius 2 is 1.89 bits per heavy atom. The van der Waals surface area contributed by atoms with Crippen molar-refractivity contribution in [2.45, 2.75) is 4.99 Å². The predicted octanol–water partition coefficient (Wildman–Crippen LogP) is 2.56. The molecule has 1 aliphatic rings. The topological polar surface area (TPSA) is 0 Å². The minimum absolute atomic E-state index is 0.534. The van der Waals surface area contributed by atoms with Crippen LogP contribution < -0.4 is 0 Å². The van der Waals surface area contributed by atoms with Crippen LogP contribution in [0.15, 0.2) is 35.8 Å². The second kappa shape index (κ2) is 3.92. The Labute approximate surface area is 62.3 Å². The molecule has 0 spiro atoms. The third kappa shape index (κ3) is 2.88. The van der Waals surface area contributed by atoms with Crippen LogP contribution >= 0.6 is 21.0 Å². The molecular formula is C7H9PS. The maximum Gasteiger partial charge on any atom is 0.0412 e. The lowest BCUT2D eigenvalue weighted by molar-refractivity contribution is 1.65. The second-order valence-electron chi connectivity index (χ2n) is 1.70. The molecule has 2 heteroatoms. The lowest BCUT2D eigenvalue weighted by atomic mass is 10.4. The minimum atomic E-state index is 0.534. The van der Waals surface area contributed by atoms with Crippen molar-refractivity contribution in [3.05, 3.63) is 35.8 Å². The zero-order valence-corrected chi connectivity index (χ0v) is 7.00. The first kappa shape index (κ1) is 7.11. The first-order valence-corrected chi connectivity index (χ1v) is 4.41. The van der Waals surface area contributed by atoms with Gasteiger partial charge in [0.25, 0.3) is 0 Å². The summed E-state index contributed by atoms with van der Waals surface area (Å²) < 4.78 is 0. The number of hydrogen-bond acceptors (Lipinski definition) is 1. The molecule has 0 saturated carbocycles. The van der Waals surface area contributed by atoms with Crippen molar-refractivity contribution in [3.63, 3.8) is 0 Å². The quantitative estimate of drug-likeness (QED) is 0.486. The van der Waals surface area contributed by atoms with Crippen molar-refractivity contribution in [1.82, 2.24) is 0 Å². The van der Waals surface area contributed by atoms with Crippen LogP contribution in [0.1, 0.15) is 0 Å². The molecule has 0 radical (unpaired) electrons. The van der Waals surface area contributed by atoms with Crippen LogP contribution in [0.25, 0.3) is 0 Å². The molecule has 1 rings (SSSR count). The number of rotatable bonds is 0. The Kier molecular flexibility index (Phi) is 3.10. The highest BCUT2D eigenvalue weighted by Gasteiger charge is 1.91. The van der Waals surface area contributed by atoms with E-state index in [0.29, 0.717) is 4.99 Å². The van der Waals surface area contributed by atoms with Crippen molar-refractivity contribution in [3.8, 4) is 0 Å². The first-order valence-electron chi connectivity index (χ1n) is 2.80. The SMILES string of the molecule is PC1C=CC=CC=CS1. The smallest absolute Gasteiger partial charge is 0.0412 e. The molecule has 0 N–H and O–H groups in total. The molecule has 0 aliphatic carbocycles. The monoisotopic (exact) mass is 156 g/mol. The molecule has 0 nitrogen and oxygen atoms in total. The summed E-state index contributed by atoms with van der Waals surface area (Å²) in [5.41, 5.74) is 0. The average molecular weight is 156 g/mol. The molecule has 1 aliphatic heterocycles. The van der Waals surface area contributed by atoms with Crippen LogP contribution in [0, 0.1) is 0 Å². The van der Waals surface area contributed by atoms with Gasteiger partial charge in [-0.1, -0.05) is 30.4 Å². The van der Waals surface area contributed by atoms with Gasteiger partial charge in [0.1, 0.15) is 0 Å². The van der Waals surface area contributed by atoms with Crippen LogP contribution in [0.2, 0.25) is 0 Å². The summed E-state index contributed by atoms with van der Waals surface area (Å²) in [6, 6.07) is 0. The van der Waals surface area contributed by atoms with Gasteiger partial charge in [-0.3, -0.25) is 0 Å². The van der Waals surface area contributed by atoms with E-state index in [1.165, 1.54) is 0 Å². The molecule has 0 saturated heterocycles. The minimum Gasteiger partial charge on any atom is -0.122 e. The molecule has 0 aromatic rings. The Morgan fingerprint density at radius 3 is 2.78 bits per heavy atom. The van der Waals surface area contributed by atoms with Gasteiger partial charge in [-0.2, -0.15) is 0 Å². The molecule has 0 amide bonds. The van der Waals surface area contributed by atoms with Gasteiger partial charge in [0.2, 0.25) is 0 Å². The Balaban J connectivity index is 2.59. The molecular weight excluding hydrogens is 147 g/mol. The first-order chi connectivity index (χ1) is 4.39. The molecule has 1 heterocycles. The van der Waals surface area contributed by atoms with E-state index in [1.54, 1.807) is 11.8 Å². The third-order valence-corrected chi connectivity index (χ3v) is 2.43. The van der Waals surface area contributed by atoms with Gasteiger partial charge in [0.15, 0.2) is 0 Å². The predicted molar refractivity (Wildman–Crippen MR) is 48.5 cm³/mol. The summed E-state index contributed by atoms with van der Waals surface area (Å²) in [6.07, 6.45) is 10.3. The van der Waals surface area contributed by atoms with E-state index in [2.05, 4.69) is 26.8 Å². The fraction of sp³-hybridized carbons (Fsp3) is 0.143. The second-order valence-corrected chi connectivity index (χ2v) is 3.99. The van der Waals surface area contributed by atoms with Gasteiger partial charge in [-0.15, -0.1) is 21.0 Å². The summed E-state index contributed by atoms with van der Waals surface area (Å²) in [6.45, 7) is 0. The molecule has 0 bridgehead atoms. The standard InChI is InChI=1S/C7H9PS/c8-7-5-3-1-2-4-6-9-7/h1-7H,8H2. The molecule has 9 heavy (non-hydrogen) atoms. The zero-order chi connectivity index (χ0) is 6.53. The van der Waals surface area contributed by atoms with E-state index in [4.69, 9.17) is 0 Å². The van der Waals surface area contributed by atoms with Crippen molar-refractivity contribution in [1.29, 1.82) is 0 Å². The molecule has 48 valence electrons. The maximum absolute atomic E-state index is 2.75. The molecule has 2 unspecified atom stereocenters. The van der Waals surface area contributed by atoms with Gasteiger partial charge < -0.3 is 0 Å². The molecule has 2 atom stereocenters. The van der Waals surface area contributed by atoms with Crippen molar-refractivity contribution < 1.29 is 0 Å². The average Bonchev–Trinajstić information content (AvgIpc) is 1.79. The van der Waals surface area contributed by atoms with Gasteiger partial charge >= 0.3 is 0 Å². The number of thioether (sulfide) groups is 1. The summed E-state index contributed by atoms with van der Waals surface area (Å²) >= 11 is 1.80. The maximum atomic E-state index is 2.75. The highest BCUT2D eigenvalue weighted by Crippen LogP contribution is 2.20. The van der Waals surface area contributed by atoms with Crippen LogP contribution in [-0.2, 0) is 0 Å². The highest BCUT2D eigenvalue weighted by atomic mass is 32.2. The van der Waals surface area contributed by atoms with Crippen LogP contribution in [0.4, 0.5) is 0 Å². The Hall–Kier alpha value is -0.0000000000000000555. The van der Waals surface area contributed by atoms with E-state index in [1.807, 2.05) is 18.2 Å². The lowest BCUT2D eigenvalue weighted by Gasteiger charge is -1.99. The van der Waals surface area contributed by atoms with Gasteiger partial charge in [0.05, 0.1) is 0 Å². The van der Waals surface area contributed by atoms with Gasteiger partial charge in [-0.05, 0) is 5.41 Å². The normalized spacial score (nSPS) is 25.7. The Morgan fingerprint density at radius 1 is 1.11 bits per heavy atom. The number of hydrogen-bond donors (Lipinski definition) is 0. The summed E-state index contributed by atoms with van der Waals surface area (Å²) in [5, 5.41) is 2.09. The van der Waals surface area contributed by atoms with Crippen LogP contribution in [0.3, 0.4) is 0 Å². The summed E-state index contributed by atoms with van der Waals surface area (Å²) in [4.78, 5) is 0.534. The van der Waals surface area contributed by atoms with E-state index in [9.17, 15) is 0 Å². The van der Waals surface area contributed by atoms with Gasteiger partial charge in [0, 0.05) is 4.99 Å². The van der Waals surface area contributed by atoms with E-state index >= 15 is 0 Å². The fourth-order valence-electron chi connectivity index (χ4n) is 0.529. The third-order valence-electron chi connectivity index (χ3n) is 0.948.